The molecule has 0 heterocycles. The van der Waals surface area contributed by atoms with Gasteiger partial charge in [-0.1, -0.05) is 238 Å². The maximum Gasteiger partial charge on any atom is 0.0720 e. The molecule has 14 rings (SSSR count). The standard InChI is InChI=1S/C69H49N/c1-67(2)60-33-13-11-29-56(60)58-43-42-53(45-65(58)67)70(51-40-38-47(39-41-51)55-31-17-21-46-20-9-10-28-54(46)55)52-27-18-26-50(44-52)68(48-22-5-3-6-23-48)62-35-15-16-36-63(62)69(49-24-7-4-8-25-49)61-34-14-12-30-57(61)59-32-19-37-64(68)66(59)69/h3-45H,1-2H3. The van der Waals surface area contributed by atoms with Crippen LogP contribution in [0.15, 0.2) is 261 Å². The monoisotopic (exact) mass is 891 g/mol. The lowest BCUT2D eigenvalue weighted by Crippen LogP contribution is -2.44. The van der Waals surface area contributed by atoms with Gasteiger partial charge in [0.1, 0.15) is 0 Å². The number of benzene rings is 11. The van der Waals surface area contributed by atoms with Gasteiger partial charge in [0, 0.05) is 22.5 Å². The molecule has 70 heavy (non-hydrogen) atoms. The lowest BCUT2D eigenvalue weighted by Gasteiger charge is -2.49. The van der Waals surface area contributed by atoms with Crippen LogP contribution in [-0.2, 0) is 16.2 Å². The van der Waals surface area contributed by atoms with Crippen LogP contribution in [0, 0.1) is 0 Å². The summed E-state index contributed by atoms with van der Waals surface area (Å²) >= 11 is 0. The first-order valence-electron chi connectivity index (χ1n) is 24.7. The lowest BCUT2D eigenvalue weighted by atomic mass is 9.51. The zero-order chi connectivity index (χ0) is 46.6. The van der Waals surface area contributed by atoms with E-state index in [1.54, 1.807) is 0 Å². The molecule has 0 spiro atoms. The van der Waals surface area contributed by atoms with Gasteiger partial charge in [-0.3, -0.25) is 0 Å². The molecule has 11 aromatic carbocycles. The van der Waals surface area contributed by atoms with E-state index in [-0.39, 0.29) is 5.41 Å². The van der Waals surface area contributed by atoms with Crippen molar-refractivity contribution in [1.82, 2.24) is 0 Å². The number of rotatable bonds is 7. The predicted molar refractivity (Wildman–Crippen MR) is 291 cm³/mol. The predicted octanol–water partition coefficient (Wildman–Crippen LogP) is 17.3. The molecule has 0 fully saturated rings. The van der Waals surface area contributed by atoms with E-state index in [9.17, 15) is 0 Å². The molecule has 0 bridgehead atoms. The zero-order valence-electron chi connectivity index (χ0n) is 39.3. The molecule has 3 aliphatic rings. The van der Waals surface area contributed by atoms with E-state index in [1.807, 2.05) is 0 Å². The Hall–Kier alpha value is -8.52. The Morgan fingerprint density at radius 2 is 0.771 bits per heavy atom. The average Bonchev–Trinajstić information content (AvgIpc) is 3.86. The summed E-state index contributed by atoms with van der Waals surface area (Å²) in [7, 11) is 0. The molecule has 1 heteroatoms. The van der Waals surface area contributed by atoms with E-state index in [4.69, 9.17) is 0 Å². The van der Waals surface area contributed by atoms with Crippen molar-refractivity contribution in [1.29, 1.82) is 0 Å². The number of anilines is 3. The first kappa shape index (κ1) is 40.5. The summed E-state index contributed by atoms with van der Waals surface area (Å²) in [5, 5.41) is 2.50. The van der Waals surface area contributed by atoms with Gasteiger partial charge in [0.25, 0.3) is 0 Å². The highest BCUT2D eigenvalue weighted by Gasteiger charge is 2.57. The molecular formula is C69H49N. The molecule has 0 saturated carbocycles. The van der Waals surface area contributed by atoms with Crippen LogP contribution in [0.1, 0.15) is 69.5 Å². The van der Waals surface area contributed by atoms with Gasteiger partial charge in [0.05, 0.1) is 10.8 Å². The SMILES string of the molecule is CC1(C)c2ccccc2-c2ccc(N(c3ccc(-c4cccc5ccccc45)cc3)c3cccc(C4(c5ccccc5)c5ccccc5C5(c6ccccc6)c6ccccc6-c6cccc4c65)c3)cc21. The Morgan fingerprint density at radius 1 is 0.286 bits per heavy atom. The Kier molecular flexibility index (Phi) is 8.83. The number of fused-ring (bicyclic) bond motifs is 9. The van der Waals surface area contributed by atoms with Crippen LogP contribution in [0.4, 0.5) is 17.1 Å². The van der Waals surface area contributed by atoms with E-state index in [2.05, 4.69) is 280 Å². The maximum absolute atomic E-state index is 2.49. The van der Waals surface area contributed by atoms with Crippen LogP contribution in [0.25, 0.3) is 44.2 Å². The van der Waals surface area contributed by atoms with Crippen molar-refractivity contribution in [3.8, 4) is 33.4 Å². The molecule has 0 saturated heterocycles. The molecule has 2 atom stereocenters. The first-order valence-corrected chi connectivity index (χ1v) is 24.7. The van der Waals surface area contributed by atoms with Gasteiger partial charge >= 0.3 is 0 Å². The van der Waals surface area contributed by atoms with Gasteiger partial charge in [0.2, 0.25) is 0 Å². The highest BCUT2D eigenvalue weighted by atomic mass is 15.1. The molecule has 330 valence electrons. The third kappa shape index (κ3) is 5.49. The molecular weight excluding hydrogens is 843 g/mol. The molecule has 1 nitrogen and oxygen atoms in total. The molecule has 0 N–H and O–H groups in total. The normalized spacial score (nSPS) is 17.5. The molecule has 0 aliphatic heterocycles. The second-order valence-corrected chi connectivity index (χ2v) is 19.9. The van der Waals surface area contributed by atoms with E-state index in [0.717, 1.165) is 17.1 Å². The summed E-state index contributed by atoms with van der Waals surface area (Å²) < 4.78 is 0. The van der Waals surface area contributed by atoms with Crippen LogP contribution in [0.3, 0.4) is 0 Å². The average molecular weight is 892 g/mol. The number of hydrogen-bond donors (Lipinski definition) is 0. The third-order valence-corrected chi connectivity index (χ3v) is 16.2. The Balaban J connectivity index is 1.03. The molecule has 2 unspecified atom stereocenters. The first-order chi connectivity index (χ1) is 34.5. The number of nitrogens with zero attached hydrogens (tertiary/aromatic N) is 1. The smallest absolute Gasteiger partial charge is 0.0720 e. The fraction of sp³-hybridized carbons (Fsp3) is 0.0725. The highest BCUT2D eigenvalue weighted by Crippen LogP contribution is 2.66. The van der Waals surface area contributed by atoms with E-state index in [0.29, 0.717) is 0 Å². The van der Waals surface area contributed by atoms with E-state index in [1.165, 1.54) is 99.8 Å². The number of hydrogen-bond acceptors (Lipinski definition) is 1. The molecule has 0 aromatic heterocycles. The molecule has 0 amide bonds. The maximum atomic E-state index is 2.49. The minimum Gasteiger partial charge on any atom is -0.310 e. The summed E-state index contributed by atoms with van der Waals surface area (Å²) in [4.78, 5) is 2.49. The minimum absolute atomic E-state index is 0.159. The Morgan fingerprint density at radius 3 is 1.53 bits per heavy atom. The van der Waals surface area contributed by atoms with Crippen molar-refractivity contribution in [2.75, 3.05) is 4.90 Å². The van der Waals surface area contributed by atoms with E-state index >= 15 is 0 Å². The van der Waals surface area contributed by atoms with Crippen LogP contribution in [0.5, 0.6) is 0 Å². The van der Waals surface area contributed by atoms with Crippen molar-refractivity contribution >= 4 is 27.8 Å². The second kappa shape index (κ2) is 15.2. The fourth-order valence-electron chi connectivity index (χ4n) is 13.3. The van der Waals surface area contributed by atoms with Crippen molar-refractivity contribution in [2.45, 2.75) is 30.1 Å². The van der Waals surface area contributed by atoms with Crippen molar-refractivity contribution < 1.29 is 0 Å². The van der Waals surface area contributed by atoms with Crippen LogP contribution in [0.2, 0.25) is 0 Å². The quantitative estimate of drug-likeness (QED) is 0.154. The zero-order valence-corrected chi connectivity index (χ0v) is 39.3. The Bertz CT molecular complexity index is 3860. The summed E-state index contributed by atoms with van der Waals surface area (Å²) in [6.07, 6.45) is 0. The van der Waals surface area contributed by atoms with Crippen molar-refractivity contribution in [2.24, 2.45) is 0 Å². The van der Waals surface area contributed by atoms with Gasteiger partial charge in [0.15, 0.2) is 0 Å². The van der Waals surface area contributed by atoms with Gasteiger partial charge in [-0.2, -0.15) is 0 Å². The van der Waals surface area contributed by atoms with Crippen LogP contribution < -0.4 is 4.90 Å². The van der Waals surface area contributed by atoms with Gasteiger partial charge in [-0.05, 0) is 136 Å². The van der Waals surface area contributed by atoms with Gasteiger partial charge in [-0.15, -0.1) is 0 Å². The third-order valence-electron chi connectivity index (χ3n) is 16.2. The van der Waals surface area contributed by atoms with Gasteiger partial charge in [-0.25, -0.2) is 0 Å². The molecule has 3 aliphatic carbocycles. The summed E-state index contributed by atoms with van der Waals surface area (Å²) in [6.45, 7) is 4.75. The topological polar surface area (TPSA) is 3.24 Å². The highest BCUT2D eigenvalue weighted by molar-refractivity contribution is 5.97. The second-order valence-electron chi connectivity index (χ2n) is 19.9. The van der Waals surface area contributed by atoms with Crippen LogP contribution >= 0.6 is 0 Å². The van der Waals surface area contributed by atoms with Gasteiger partial charge < -0.3 is 4.90 Å². The largest absolute Gasteiger partial charge is 0.310 e. The van der Waals surface area contributed by atoms with Crippen molar-refractivity contribution in [3.05, 3.63) is 316 Å². The lowest BCUT2D eigenvalue weighted by molar-refractivity contribution is 0.627. The minimum atomic E-state index is -0.676. The molecule has 11 aromatic rings. The van der Waals surface area contributed by atoms with Crippen molar-refractivity contribution in [3.63, 3.8) is 0 Å². The molecule has 0 radical (unpaired) electrons. The fourth-order valence-corrected chi connectivity index (χ4v) is 13.3. The van der Waals surface area contributed by atoms with E-state index < -0.39 is 10.8 Å². The summed E-state index contributed by atoms with van der Waals surface area (Å²) in [5.74, 6) is 0. The van der Waals surface area contributed by atoms with Crippen LogP contribution in [-0.4, -0.2) is 0 Å². The summed E-state index contributed by atoms with van der Waals surface area (Å²) in [6, 6.07) is 98.2. The Labute approximate surface area is 410 Å². The summed E-state index contributed by atoms with van der Waals surface area (Å²) in [5.41, 5.74) is 22.8.